The van der Waals surface area contributed by atoms with Crippen molar-refractivity contribution in [3.05, 3.63) is 40.1 Å². The van der Waals surface area contributed by atoms with E-state index in [1.54, 1.807) is 17.5 Å². The lowest BCUT2D eigenvalue weighted by Crippen LogP contribution is -2.02. The van der Waals surface area contributed by atoms with Crippen LogP contribution < -0.4 is 0 Å². The van der Waals surface area contributed by atoms with E-state index in [0.29, 0.717) is 0 Å². The minimum atomic E-state index is -0.365. The minimum Gasteiger partial charge on any atom is -0.388 e. The molecule has 0 aliphatic rings. The summed E-state index contributed by atoms with van der Waals surface area (Å²) in [5.74, 6) is 1.02. The van der Waals surface area contributed by atoms with Crippen molar-refractivity contribution in [2.75, 3.05) is 0 Å². The van der Waals surface area contributed by atoms with Crippen molar-refractivity contribution >= 4 is 11.3 Å². The summed E-state index contributed by atoms with van der Waals surface area (Å²) >= 11 is 1.66. The van der Waals surface area contributed by atoms with Crippen LogP contribution in [0.15, 0.2) is 24.5 Å². The Bertz CT molecular complexity index is 461. The van der Waals surface area contributed by atoms with E-state index in [1.807, 2.05) is 29.9 Å². The molecule has 0 aliphatic carbocycles. The normalized spacial score (nSPS) is 12.9. The first-order valence-electron chi connectivity index (χ1n) is 5.37. The summed E-state index contributed by atoms with van der Waals surface area (Å²) in [6.07, 6.45) is 4.89. The van der Waals surface area contributed by atoms with Crippen molar-refractivity contribution < 1.29 is 5.11 Å². The first kappa shape index (κ1) is 11.4. The van der Waals surface area contributed by atoms with Gasteiger partial charge in [-0.05, 0) is 25.5 Å². The van der Waals surface area contributed by atoms with Gasteiger partial charge in [0.25, 0.3) is 0 Å². The SMILES string of the molecule is Cc1ccc(C(O)CCc2nccn2C)s1. The van der Waals surface area contributed by atoms with Crippen molar-refractivity contribution in [1.29, 1.82) is 0 Å². The van der Waals surface area contributed by atoms with Gasteiger partial charge in [-0.15, -0.1) is 11.3 Å². The fraction of sp³-hybridized carbons (Fsp3) is 0.417. The molecule has 1 atom stereocenters. The summed E-state index contributed by atoms with van der Waals surface area (Å²) in [6.45, 7) is 2.06. The van der Waals surface area contributed by atoms with Crippen molar-refractivity contribution in [2.24, 2.45) is 7.05 Å². The lowest BCUT2D eigenvalue weighted by molar-refractivity contribution is 0.170. The van der Waals surface area contributed by atoms with Crippen LogP contribution in [0.3, 0.4) is 0 Å². The molecule has 0 amide bonds. The molecule has 0 fully saturated rings. The van der Waals surface area contributed by atoms with Gasteiger partial charge in [0, 0.05) is 35.6 Å². The Hall–Kier alpha value is -1.13. The number of aryl methyl sites for hydroxylation is 3. The largest absolute Gasteiger partial charge is 0.388 e. The molecule has 0 radical (unpaired) electrons. The molecule has 2 aromatic rings. The molecule has 0 aromatic carbocycles. The maximum atomic E-state index is 10.00. The highest BCUT2D eigenvalue weighted by molar-refractivity contribution is 7.11. The molecule has 0 aliphatic heterocycles. The Labute approximate surface area is 99.4 Å². The van der Waals surface area contributed by atoms with E-state index >= 15 is 0 Å². The Balaban J connectivity index is 1.93. The standard InChI is InChI=1S/C12H16N2OS/c1-9-3-5-11(16-9)10(15)4-6-12-13-7-8-14(12)2/h3,5,7-8,10,15H,4,6H2,1-2H3. The van der Waals surface area contributed by atoms with E-state index in [0.717, 1.165) is 23.5 Å². The number of aliphatic hydroxyl groups excluding tert-OH is 1. The molecule has 16 heavy (non-hydrogen) atoms. The van der Waals surface area contributed by atoms with Gasteiger partial charge in [0.15, 0.2) is 0 Å². The van der Waals surface area contributed by atoms with E-state index in [2.05, 4.69) is 11.9 Å². The number of hydrogen-bond donors (Lipinski definition) is 1. The molecule has 2 rings (SSSR count). The van der Waals surface area contributed by atoms with E-state index in [-0.39, 0.29) is 6.10 Å². The van der Waals surface area contributed by atoms with Crippen LogP contribution in [0.4, 0.5) is 0 Å². The van der Waals surface area contributed by atoms with Crippen LogP contribution in [0.1, 0.15) is 28.1 Å². The summed E-state index contributed by atoms with van der Waals surface area (Å²) in [5.41, 5.74) is 0. The third kappa shape index (κ3) is 2.51. The van der Waals surface area contributed by atoms with Gasteiger partial charge in [0.2, 0.25) is 0 Å². The Morgan fingerprint density at radius 2 is 2.31 bits per heavy atom. The van der Waals surface area contributed by atoms with Gasteiger partial charge in [0.1, 0.15) is 5.82 Å². The van der Waals surface area contributed by atoms with Gasteiger partial charge in [-0.1, -0.05) is 0 Å². The molecular formula is C12H16N2OS. The molecule has 4 heteroatoms. The average Bonchev–Trinajstić information content (AvgIpc) is 2.84. The number of hydrogen-bond acceptors (Lipinski definition) is 3. The number of aromatic nitrogens is 2. The topological polar surface area (TPSA) is 38.1 Å². The maximum absolute atomic E-state index is 10.00. The molecule has 1 N–H and O–H groups in total. The van der Waals surface area contributed by atoms with E-state index in [4.69, 9.17) is 0 Å². The maximum Gasteiger partial charge on any atom is 0.108 e. The first-order valence-corrected chi connectivity index (χ1v) is 6.19. The van der Waals surface area contributed by atoms with Gasteiger partial charge in [-0.25, -0.2) is 4.98 Å². The smallest absolute Gasteiger partial charge is 0.108 e. The van der Waals surface area contributed by atoms with Gasteiger partial charge in [0.05, 0.1) is 6.10 Å². The van der Waals surface area contributed by atoms with Crippen LogP contribution >= 0.6 is 11.3 Å². The summed E-state index contributed by atoms with van der Waals surface area (Å²) in [7, 11) is 1.98. The van der Waals surface area contributed by atoms with Gasteiger partial charge < -0.3 is 9.67 Å². The van der Waals surface area contributed by atoms with Crippen LogP contribution in [0.2, 0.25) is 0 Å². The Morgan fingerprint density at radius 1 is 1.50 bits per heavy atom. The average molecular weight is 236 g/mol. The molecule has 86 valence electrons. The molecule has 0 bridgehead atoms. The number of aliphatic hydroxyl groups is 1. The minimum absolute atomic E-state index is 0.365. The number of thiophene rings is 1. The molecule has 2 heterocycles. The zero-order valence-electron chi connectivity index (χ0n) is 9.55. The molecular weight excluding hydrogens is 220 g/mol. The van der Waals surface area contributed by atoms with Crippen molar-refractivity contribution in [1.82, 2.24) is 9.55 Å². The lowest BCUT2D eigenvalue weighted by atomic mass is 10.1. The van der Waals surface area contributed by atoms with Crippen molar-refractivity contribution in [3.8, 4) is 0 Å². The molecule has 1 unspecified atom stereocenters. The van der Waals surface area contributed by atoms with Gasteiger partial charge >= 0.3 is 0 Å². The van der Waals surface area contributed by atoms with Crippen molar-refractivity contribution in [2.45, 2.75) is 25.9 Å². The second-order valence-electron chi connectivity index (χ2n) is 3.96. The van der Waals surface area contributed by atoms with Crippen LogP contribution in [0, 0.1) is 6.92 Å². The molecule has 3 nitrogen and oxygen atoms in total. The highest BCUT2D eigenvalue weighted by Gasteiger charge is 2.11. The number of nitrogens with zero attached hydrogens (tertiary/aromatic N) is 2. The van der Waals surface area contributed by atoms with Crippen LogP contribution in [-0.2, 0) is 13.5 Å². The summed E-state index contributed by atoms with van der Waals surface area (Å²) < 4.78 is 1.99. The van der Waals surface area contributed by atoms with E-state index in [1.165, 1.54) is 4.88 Å². The number of imidazole rings is 1. The summed E-state index contributed by atoms with van der Waals surface area (Å²) in [5, 5.41) is 10.00. The zero-order valence-corrected chi connectivity index (χ0v) is 10.4. The lowest BCUT2D eigenvalue weighted by Gasteiger charge is -2.08. The summed E-state index contributed by atoms with van der Waals surface area (Å²) in [6, 6.07) is 4.05. The van der Waals surface area contributed by atoms with Gasteiger partial charge in [-0.2, -0.15) is 0 Å². The van der Waals surface area contributed by atoms with E-state index in [9.17, 15) is 5.11 Å². The monoisotopic (exact) mass is 236 g/mol. The van der Waals surface area contributed by atoms with Crippen molar-refractivity contribution in [3.63, 3.8) is 0 Å². The van der Waals surface area contributed by atoms with Crippen LogP contribution in [0.5, 0.6) is 0 Å². The Morgan fingerprint density at radius 3 is 2.88 bits per heavy atom. The summed E-state index contributed by atoms with van der Waals surface area (Å²) in [4.78, 5) is 6.53. The zero-order chi connectivity index (χ0) is 11.5. The highest BCUT2D eigenvalue weighted by Crippen LogP contribution is 2.25. The number of rotatable bonds is 4. The second-order valence-corrected chi connectivity index (χ2v) is 5.28. The first-order chi connectivity index (χ1) is 7.66. The highest BCUT2D eigenvalue weighted by atomic mass is 32.1. The van der Waals surface area contributed by atoms with Gasteiger partial charge in [-0.3, -0.25) is 0 Å². The second kappa shape index (κ2) is 4.80. The molecule has 0 spiro atoms. The quantitative estimate of drug-likeness (QED) is 0.885. The predicted molar refractivity (Wildman–Crippen MR) is 65.5 cm³/mol. The molecule has 0 saturated carbocycles. The third-order valence-electron chi connectivity index (χ3n) is 2.65. The molecule has 2 aromatic heterocycles. The van der Waals surface area contributed by atoms with E-state index < -0.39 is 0 Å². The predicted octanol–water partition coefficient (Wildman–Crippen LogP) is 2.46. The van der Waals surface area contributed by atoms with Crippen LogP contribution in [0.25, 0.3) is 0 Å². The van der Waals surface area contributed by atoms with Crippen LogP contribution in [-0.4, -0.2) is 14.7 Å². The fourth-order valence-corrected chi connectivity index (χ4v) is 2.58. The fourth-order valence-electron chi connectivity index (χ4n) is 1.68. The Kier molecular flexibility index (Phi) is 3.41. The molecule has 0 saturated heterocycles. The third-order valence-corrected chi connectivity index (χ3v) is 3.75.